The van der Waals surface area contributed by atoms with Crippen LogP contribution in [0.4, 0.5) is 0 Å². The fraction of sp³-hybridized carbons (Fsp3) is 0.250. The van der Waals surface area contributed by atoms with E-state index in [1.165, 1.54) is 6.07 Å². The van der Waals surface area contributed by atoms with Crippen molar-refractivity contribution in [1.82, 2.24) is 0 Å². The van der Waals surface area contributed by atoms with Gasteiger partial charge in [0.2, 0.25) is 0 Å². The van der Waals surface area contributed by atoms with Crippen LogP contribution in [0.2, 0.25) is 0 Å². The van der Waals surface area contributed by atoms with Crippen LogP contribution in [-0.2, 0) is 11.1 Å². The molecular formula is C8H9NaO3S. The summed E-state index contributed by atoms with van der Waals surface area (Å²) in [6, 6.07) is 4.72. The Bertz CT molecular complexity index is 314. The van der Waals surface area contributed by atoms with E-state index in [2.05, 4.69) is 0 Å². The van der Waals surface area contributed by atoms with E-state index in [1.54, 1.807) is 26.2 Å². The summed E-state index contributed by atoms with van der Waals surface area (Å²) >= 11 is -2.16. The van der Waals surface area contributed by atoms with Crippen molar-refractivity contribution < 1.29 is 43.1 Å². The largest absolute Gasteiger partial charge is 1.00 e. The maximum absolute atomic E-state index is 10.5. The van der Waals surface area contributed by atoms with Crippen LogP contribution >= 0.6 is 0 Å². The molecule has 0 radical (unpaired) electrons. The van der Waals surface area contributed by atoms with Crippen molar-refractivity contribution >= 4 is 11.1 Å². The first-order chi connectivity index (χ1) is 5.65. The molecule has 0 aromatic heterocycles. The van der Waals surface area contributed by atoms with Crippen LogP contribution in [0.5, 0.6) is 5.75 Å². The Balaban J connectivity index is 0.00000144. The fourth-order valence-electron chi connectivity index (χ4n) is 0.955. The fourth-order valence-corrected chi connectivity index (χ4v) is 1.41. The summed E-state index contributed by atoms with van der Waals surface area (Å²) in [7, 11) is 1.55. The van der Waals surface area contributed by atoms with Gasteiger partial charge in [0.05, 0.1) is 7.11 Å². The number of hydrogen-bond donors (Lipinski definition) is 0. The van der Waals surface area contributed by atoms with Gasteiger partial charge in [-0.3, -0.25) is 4.21 Å². The SMILES string of the molecule is COc1ccc(S(=O)[O-])cc1C.[Na+]. The minimum Gasteiger partial charge on any atom is -0.768 e. The molecule has 0 aliphatic rings. The maximum atomic E-state index is 10.5. The van der Waals surface area contributed by atoms with Gasteiger partial charge in [-0.25, -0.2) is 0 Å². The number of hydrogen-bond acceptors (Lipinski definition) is 3. The second-order valence-electron chi connectivity index (χ2n) is 2.37. The Hall–Kier alpha value is 0.130. The minimum atomic E-state index is -2.16. The number of benzene rings is 1. The summed E-state index contributed by atoms with van der Waals surface area (Å²) in [6.45, 7) is 1.80. The van der Waals surface area contributed by atoms with E-state index in [4.69, 9.17) is 4.74 Å². The zero-order chi connectivity index (χ0) is 9.14. The van der Waals surface area contributed by atoms with Gasteiger partial charge in [0, 0.05) is 4.90 Å². The molecular weight excluding hydrogens is 199 g/mol. The standard InChI is InChI=1S/C8H10O3S.Na/c1-6-5-7(12(9)10)3-4-8(6)11-2;/h3-5H,1-2H3,(H,9,10);/q;+1/p-1. The molecule has 1 rings (SSSR count). The van der Waals surface area contributed by atoms with Gasteiger partial charge < -0.3 is 9.29 Å². The van der Waals surface area contributed by atoms with Gasteiger partial charge >= 0.3 is 29.6 Å². The summed E-state index contributed by atoms with van der Waals surface area (Å²) in [6.07, 6.45) is 0. The third kappa shape index (κ3) is 3.40. The van der Waals surface area contributed by atoms with E-state index in [-0.39, 0.29) is 34.5 Å². The first kappa shape index (κ1) is 13.1. The molecule has 0 aliphatic carbocycles. The molecule has 0 heterocycles. The maximum Gasteiger partial charge on any atom is 1.00 e. The molecule has 0 saturated carbocycles. The van der Waals surface area contributed by atoms with Crippen molar-refractivity contribution in [3.63, 3.8) is 0 Å². The quantitative estimate of drug-likeness (QED) is 0.427. The number of rotatable bonds is 2. The Morgan fingerprint density at radius 3 is 2.46 bits per heavy atom. The van der Waals surface area contributed by atoms with Gasteiger partial charge in [0.15, 0.2) is 0 Å². The molecule has 0 aliphatic heterocycles. The Morgan fingerprint density at radius 1 is 1.46 bits per heavy atom. The molecule has 5 heteroatoms. The summed E-state index contributed by atoms with van der Waals surface area (Å²) < 4.78 is 26.0. The van der Waals surface area contributed by atoms with Crippen molar-refractivity contribution in [2.75, 3.05) is 7.11 Å². The van der Waals surface area contributed by atoms with Crippen LogP contribution in [0.15, 0.2) is 23.1 Å². The predicted octanol–water partition coefficient (Wildman–Crippen LogP) is -1.75. The molecule has 0 N–H and O–H groups in total. The molecule has 0 saturated heterocycles. The van der Waals surface area contributed by atoms with E-state index in [1.807, 2.05) is 0 Å². The van der Waals surface area contributed by atoms with Crippen molar-refractivity contribution in [2.45, 2.75) is 11.8 Å². The smallest absolute Gasteiger partial charge is 0.768 e. The van der Waals surface area contributed by atoms with E-state index >= 15 is 0 Å². The van der Waals surface area contributed by atoms with Crippen LogP contribution in [0.25, 0.3) is 0 Å². The zero-order valence-corrected chi connectivity index (χ0v) is 10.7. The van der Waals surface area contributed by atoms with E-state index in [0.29, 0.717) is 5.75 Å². The van der Waals surface area contributed by atoms with Gasteiger partial charge in [-0.05, 0) is 41.8 Å². The molecule has 0 spiro atoms. The van der Waals surface area contributed by atoms with Crippen LogP contribution in [0.3, 0.4) is 0 Å². The summed E-state index contributed by atoms with van der Waals surface area (Å²) in [5, 5.41) is 0. The van der Waals surface area contributed by atoms with Crippen LogP contribution in [0, 0.1) is 6.92 Å². The first-order valence-electron chi connectivity index (χ1n) is 3.39. The Labute approximate surface area is 102 Å². The average Bonchev–Trinajstić information content (AvgIpc) is 2.04. The van der Waals surface area contributed by atoms with Gasteiger partial charge in [-0.15, -0.1) is 0 Å². The van der Waals surface area contributed by atoms with Crippen LogP contribution < -0.4 is 34.3 Å². The third-order valence-electron chi connectivity index (χ3n) is 1.56. The minimum absolute atomic E-state index is 0. The molecule has 0 bridgehead atoms. The van der Waals surface area contributed by atoms with E-state index < -0.39 is 11.1 Å². The van der Waals surface area contributed by atoms with Crippen molar-refractivity contribution in [3.05, 3.63) is 23.8 Å². The molecule has 3 nitrogen and oxygen atoms in total. The van der Waals surface area contributed by atoms with E-state index in [0.717, 1.165) is 5.56 Å². The zero-order valence-electron chi connectivity index (χ0n) is 7.87. The van der Waals surface area contributed by atoms with E-state index in [9.17, 15) is 8.76 Å². The summed E-state index contributed by atoms with van der Waals surface area (Å²) in [5.41, 5.74) is 0.819. The Morgan fingerprint density at radius 2 is 2.08 bits per heavy atom. The molecule has 1 aromatic rings. The molecule has 1 atom stereocenters. The normalized spacial score (nSPS) is 11.6. The monoisotopic (exact) mass is 208 g/mol. The molecule has 1 unspecified atom stereocenters. The second kappa shape index (κ2) is 5.78. The average molecular weight is 208 g/mol. The molecule has 0 fully saturated rings. The van der Waals surface area contributed by atoms with Crippen molar-refractivity contribution in [1.29, 1.82) is 0 Å². The molecule has 66 valence electrons. The van der Waals surface area contributed by atoms with Crippen LogP contribution in [-0.4, -0.2) is 15.9 Å². The van der Waals surface area contributed by atoms with Gasteiger partial charge in [-0.1, -0.05) is 0 Å². The molecule has 0 amide bonds. The van der Waals surface area contributed by atoms with Gasteiger partial charge in [-0.2, -0.15) is 0 Å². The number of methoxy groups -OCH3 is 1. The topological polar surface area (TPSA) is 49.4 Å². The number of ether oxygens (including phenoxy) is 1. The Kier molecular flexibility index (Phi) is 5.83. The third-order valence-corrected chi connectivity index (χ3v) is 2.20. The van der Waals surface area contributed by atoms with Crippen molar-refractivity contribution in [3.8, 4) is 5.75 Å². The van der Waals surface area contributed by atoms with Crippen molar-refractivity contribution in [2.24, 2.45) is 0 Å². The number of aryl methyl sites for hydroxylation is 1. The first-order valence-corrected chi connectivity index (χ1v) is 4.46. The van der Waals surface area contributed by atoms with Gasteiger partial charge in [0.1, 0.15) is 5.75 Å². The molecule has 13 heavy (non-hydrogen) atoms. The second-order valence-corrected chi connectivity index (χ2v) is 3.31. The summed E-state index contributed by atoms with van der Waals surface area (Å²) in [4.78, 5) is 0.285. The van der Waals surface area contributed by atoms with Crippen LogP contribution in [0.1, 0.15) is 5.56 Å². The summed E-state index contributed by atoms with van der Waals surface area (Å²) in [5.74, 6) is 0.698. The van der Waals surface area contributed by atoms with Gasteiger partial charge in [0.25, 0.3) is 0 Å². The predicted molar refractivity (Wildman–Crippen MR) is 44.9 cm³/mol. The molecule has 1 aromatic carbocycles.